The van der Waals surface area contributed by atoms with Crippen molar-refractivity contribution in [1.29, 1.82) is 0 Å². The van der Waals surface area contributed by atoms with Gasteiger partial charge in [-0.25, -0.2) is 0 Å². The van der Waals surface area contributed by atoms with Crippen molar-refractivity contribution in [1.82, 2.24) is 0 Å². The highest BCUT2D eigenvalue weighted by molar-refractivity contribution is 7.85. The van der Waals surface area contributed by atoms with Crippen LogP contribution in [0.15, 0.2) is 11.6 Å². The number of hydrogen-bond acceptors (Lipinski definition) is 4. The van der Waals surface area contributed by atoms with Gasteiger partial charge in [-0.05, 0) is 44.3 Å². The summed E-state index contributed by atoms with van der Waals surface area (Å²) in [6, 6.07) is 0. The maximum atomic E-state index is 11.0. The summed E-state index contributed by atoms with van der Waals surface area (Å²) in [5.41, 5.74) is 0.928. The van der Waals surface area contributed by atoms with Crippen LogP contribution >= 0.6 is 0 Å². The summed E-state index contributed by atoms with van der Waals surface area (Å²) < 4.78 is 33.1. The van der Waals surface area contributed by atoms with E-state index in [4.69, 9.17) is 8.61 Å². The molecule has 0 saturated heterocycles. The molecule has 0 amide bonds. The predicted octanol–water partition coefficient (Wildman–Crippen LogP) is 4.35. The second kappa shape index (κ2) is 8.08. The van der Waals surface area contributed by atoms with Gasteiger partial charge in [-0.3, -0.25) is 4.18 Å². The maximum absolute atomic E-state index is 11.0. The predicted molar refractivity (Wildman–Crippen MR) is 96.1 cm³/mol. The Hall–Kier alpha value is -0.173. The SMILES string of the molecule is C/C(=C\[C@H](C)C[C@H](C)O[Si](C)(C)C(C)(C)C)COS(C)(=O)=O. The molecule has 132 valence electrons. The van der Waals surface area contributed by atoms with Gasteiger partial charge in [-0.2, -0.15) is 8.42 Å². The lowest BCUT2D eigenvalue weighted by Crippen LogP contribution is -2.43. The Balaban J connectivity index is 4.50. The van der Waals surface area contributed by atoms with Crippen LogP contribution in [-0.2, 0) is 18.7 Å². The molecule has 0 aliphatic carbocycles. The molecule has 0 unspecified atom stereocenters. The van der Waals surface area contributed by atoms with Crippen molar-refractivity contribution in [2.24, 2.45) is 5.92 Å². The minimum Gasteiger partial charge on any atom is -0.414 e. The molecule has 0 aromatic carbocycles. The molecule has 0 aromatic rings. The molecule has 0 bridgehead atoms. The Bertz CT molecular complexity index is 475. The Morgan fingerprint density at radius 1 is 1.23 bits per heavy atom. The molecular weight excluding hydrogens is 316 g/mol. The molecular formula is C16H34O4SSi. The third kappa shape index (κ3) is 9.08. The quantitative estimate of drug-likeness (QED) is 0.371. The fourth-order valence-electron chi connectivity index (χ4n) is 2.05. The van der Waals surface area contributed by atoms with Crippen molar-refractivity contribution in [3.05, 3.63) is 11.6 Å². The standard InChI is InChI=1S/C16H34O4SSi/c1-13(10-14(2)12-19-21(7,17)18)11-15(3)20-22(8,9)16(4,5)6/h10,13,15H,11-12H2,1-9H3/b14-10+/t13-,15-/m0/s1. The molecule has 0 spiro atoms. The number of hydrogen-bond donors (Lipinski definition) is 0. The molecule has 0 rings (SSSR count). The molecule has 6 heteroatoms. The summed E-state index contributed by atoms with van der Waals surface area (Å²) in [6.45, 7) is 17.5. The fraction of sp³-hybridized carbons (Fsp3) is 0.875. The van der Waals surface area contributed by atoms with E-state index in [9.17, 15) is 8.42 Å². The summed E-state index contributed by atoms with van der Waals surface area (Å²) in [7, 11) is -5.12. The van der Waals surface area contributed by atoms with Gasteiger partial charge in [0.05, 0.1) is 12.9 Å². The Labute approximate surface area is 138 Å². The van der Waals surface area contributed by atoms with E-state index in [1.165, 1.54) is 0 Å². The first-order valence-corrected chi connectivity index (χ1v) is 12.6. The molecule has 0 fully saturated rings. The van der Waals surface area contributed by atoms with Gasteiger partial charge < -0.3 is 4.43 Å². The van der Waals surface area contributed by atoms with E-state index in [0.717, 1.165) is 18.2 Å². The minimum atomic E-state index is -3.38. The highest BCUT2D eigenvalue weighted by Gasteiger charge is 2.38. The van der Waals surface area contributed by atoms with Gasteiger partial charge in [-0.1, -0.05) is 39.3 Å². The van der Waals surface area contributed by atoms with E-state index >= 15 is 0 Å². The lowest BCUT2D eigenvalue weighted by Gasteiger charge is -2.38. The zero-order valence-corrected chi connectivity index (χ0v) is 17.5. The van der Waals surface area contributed by atoms with Crippen molar-refractivity contribution in [3.63, 3.8) is 0 Å². The van der Waals surface area contributed by atoms with E-state index in [-0.39, 0.29) is 17.7 Å². The Kier molecular flexibility index (Phi) is 8.02. The molecule has 0 saturated carbocycles. The molecule has 0 aliphatic heterocycles. The molecule has 0 aromatic heterocycles. The third-order valence-electron chi connectivity index (χ3n) is 4.08. The zero-order valence-electron chi connectivity index (χ0n) is 15.7. The summed E-state index contributed by atoms with van der Waals surface area (Å²) in [4.78, 5) is 0. The van der Waals surface area contributed by atoms with Gasteiger partial charge in [0.25, 0.3) is 10.1 Å². The van der Waals surface area contributed by atoms with Crippen LogP contribution in [0.5, 0.6) is 0 Å². The van der Waals surface area contributed by atoms with Crippen LogP contribution < -0.4 is 0 Å². The van der Waals surface area contributed by atoms with Crippen LogP contribution in [0.2, 0.25) is 18.1 Å². The van der Waals surface area contributed by atoms with E-state index < -0.39 is 18.4 Å². The van der Waals surface area contributed by atoms with E-state index in [2.05, 4.69) is 53.8 Å². The first kappa shape index (κ1) is 21.8. The van der Waals surface area contributed by atoms with E-state index in [1.807, 2.05) is 6.92 Å². The van der Waals surface area contributed by atoms with Gasteiger partial charge >= 0.3 is 0 Å². The highest BCUT2D eigenvalue weighted by Crippen LogP contribution is 2.37. The topological polar surface area (TPSA) is 52.6 Å². The van der Waals surface area contributed by atoms with Crippen molar-refractivity contribution < 1.29 is 17.0 Å². The lowest BCUT2D eigenvalue weighted by molar-refractivity contribution is 0.177. The minimum absolute atomic E-state index is 0.126. The second-order valence-corrected chi connectivity index (χ2v) is 14.3. The van der Waals surface area contributed by atoms with Crippen LogP contribution in [0, 0.1) is 5.92 Å². The van der Waals surface area contributed by atoms with Crippen LogP contribution in [-0.4, -0.2) is 35.7 Å². The molecule has 0 heterocycles. The molecule has 4 nitrogen and oxygen atoms in total. The summed E-state index contributed by atoms with van der Waals surface area (Å²) in [6.07, 6.45) is 4.24. The van der Waals surface area contributed by atoms with Crippen LogP contribution in [0.25, 0.3) is 0 Å². The van der Waals surface area contributed by atoms with Crippen LogP contribution in [0.3, 0.4) is 0 Å². The average Bonchev–Trinajstić information content (AvgIpc) is 2.22. The van der Waals surface area contributed by atoms with Crippen molar-refractivity contribution in [2.75, 3.05) is 12.9 Å². The third-order valence-corrected chi connectivity index (χ3v) is 9.23. The van der Waals surface area contributed by atoms with Crippen molar-refractivity contribution >= 4 is 18.4 Å². The van der Waals surface area contributed by atoms with Crippen molar-refractivity contribution in [2.45, 2.75) is 72.2 Å². The van der Waals surface area contributed by atoms with E-state index in [1.54, 1.807) is 0 Å². The average molecular weight is 351 g/mol. The van der Waals surface area contributed by atoms with Crippen LogP contribution in [0.4, 0.5) is 0 Å². The maximum Gasteiger partial charge on any atom is 0.264 e. The Morgan fingerprint density at radius 3 is 2.14 bits per heavy atom. The largest absolute Gasteiger partial charge is 0.414 e. The zero-order chi connectivity index (χ0) is 17.8. The summed E-state index contributed by atoms with van der Waals surface area (Å²) in [5, 5.41) is 0.208. The van der Waals surface area contributed by atoms with Gasteiger partial charge in [-0.15, -0.1) is 0 Å². The molecule has 22 heavy (non-hydrogen) atoms. The van der Waals surface area contributed by atoms with Gasteiger partial charge in [0.1, 0.15) is 0 Å². The smallest absolute Gasteiger partial charge is 0.264 e. The Morgan fingerprint density at radius 2 is 1.73 bits per heavy atom. The number of allylic oxidation sites excluding steroid dienone is 1. The summed E-state index contributed by atoms with van der Waals surface area (Å²) >= 11 is 0. The first-order chi connectivity index (χ1) is 9.64. The van der Waals surface area contributed by atoms with Gasteiger partial charge in [0.2, 0.25) is 0 Å². The highest BCUT2D eigenvalue weighted by atomic mass is 32.2. The van der Waals surface area contributed by atoms with E-state index in [0.29, 0.717) is 5.92 Å². The molecule has 2 atom stereocenters. The normalized spacial score (nSPS) is 17.4. The summed E-state index contributed by atoms with van der Waals surface area (Å²) in [5.74, 6) is 0.322. The van der Waals surface area contributed by atoms with Crippen molar-refractivity contribution in [3.8, 4) is 0 Å². The molecule has 0 aliphatic rings. The lowest BCUT2D eigenvalue weighted by atomic mass is 10.0. The van der Waals surface area contributed by atoms with Gasteiger partial charge in [0.15, 0.2) is 8.32 Å². The first-order valence-electron chi connectivity index (χ1n) is 7.83. The molecule has 0 radical (unpaired) electrons. The fourth-order valence-corrected chi connectivity index (χ4v) is 3.91. The van der Waals surface area contributed by atoms with Crippen LogP contribution in [0.1, 0.15) is 48.0 Å². The van der Waals surface area contributed by atoms with Gasteiger partial charge in [0, 0.05) is 6.10 Å². The second-order valence-electron chi connectivity index (χ2n) is 7.88. The number of rotatable bonds is 8. The monoisotopic (exact) mass is 350 g/mol. The molecule has 0 N–H and O–H groups in total.